The highest BCUT2D eigenvalue weighted by Crippen LogP contribution is 2.26. The summed E-state index contributed by atoms with van der Waals surface area (Å²) in [6.45, 7) is 11.6. The van der Waals surface area contributed by atoms with Crippen molar-refractivity contribution in [3.05, 3.63) is 17.7 Å². The van der Waals surface area contributed by atoms with E-state index in [9.17, 15) is 0 Å². The van der Waals surface area contributed by atoms with E-state index in [0.29, 0.717) is 12.0 Å². The van der Waals surface area contributed by atoms with Gasteiger partial charge in [0, 0.05) is 36.6 Å². The summed E-state index contributed by atoms with van der Waals surface area (Å²) in [5.74, 6) is 3.70. The van der Waals surface area contributed by atoms with Crippen LogP contribution in [0.5, 0.6) is 0 Å². The molecule has 0 saturated carbocycles. The van der Waals surface area contributed by atoms with E-state index in [1.165, 1.54) is 17.2 Å². The van der Waals surface area contributed by atoms with Crippen LogP contribution >= 0.6 is 11.8 Å². The first-order valence-corrected chi connectivity index (χ1v) is 8.69. The maximum atomic E-state index is 4.80. The van der Waals surface area contributed by atoms with Crippen molar-refractivity contribution >= 4 is 17.4 Å². The van der Waals surface area contributed by atoms with Gasteiger partial charge in [0.1, 0.15) is 5.82 Å². The highest BCUT2D eigenvalue weighted by atomic mass is 32.2. The smallest absolute Gasteiger partial charge is 0.131 e. The van der Waals surface area contributed by atoms with Crippen LogP contribution in [-0.2, 0) is 6.54 Å². The third kappa shape index (κ3) is 3.64. The number of nitrogens with zero attached hydrogens (tertiary/aromatic N) is 3. The Hall–Kier alpha value is -0.810. The Morgan fingerprint density at radius 3 is 2.95 bits per heavy atom. The summed E-state index contributed by atoms with van der Waals surface area (Å²) in [5, 5.41) is 3.40. The molecular weight excluding hydrogens is 268 g/mol. The van der Waals surface area contributed by atoms with Gasteiger partial charge in [-0.3, -0.25) is 0 Å². The summed E-state index contributed by atoms with van der Waals surface area (Å²) in [7, 11) is 0. The zero-order valence-corrected chi connectivity index (χ0v) is 13.8. The predicted octanol–water partition coefficient (Wildman–Crippen LogP) is 2.65. The molecule has 0 radical (unpaired) electrons. The lowest BCUT2D eigenvalue weighted by atomic mass is 10.2. The van der Waals surface area contributed by atoms with Crippen molar-refractivity contribution < 1.29 is 0 Å². The second kappa shape index (κ2) is 7.27. The van der Waals surface area contributed by atoms with E-state index in [4.69, 9.17) is 4.98 Å². The molecule has 1 fully saturated rings. The molecular formula is C15H26N4S. The molecule has 2 rings (SSSR count). The number of thioether (sulfide) groups is 1. The minimum Gasteiger partial charge on any atom is -0.364 e. The number of anilines is 1. The molecule has 0 aromatic carbocycles. The predicted molar refractivity (Wildman–Crippen MR) is 87.6 cm³/mol. The molecule has 0 spiro atoms. The quantitative estimate of drug-likeness (QED) is 0.904. The lowest BCUT2D eigenvalue weighted by Gasteiger charge is -2.35. The summed E-state index contributed by atoms with van der Waals surface area (Å²) in [5.41, 5.74) is 2.35. The Labute approximate surface area is 126 Å². The maximum Gasteiger partial charge on any atom is 0.131 e. The van der Waals surface area contributed by atoms with Gasteiger partial charge in [0.25, 0.3) is 0 Å². The van der Waals surface area contributed by atoms with E-state index in [1.807, 2.05) is 18.0 Å². The third-order valence-electron chi connectivity index (χ3n) is 3.60. The number of hydrogen-bond donors (Lipinski definition) is 1. The Kier molecular flexibility index (Phi) is 5.66. The molecule has 112 valence electrons. The molecule has 0 aliphatic carbocycles. The molecule has 1 atom stereocenters. The fourth-order valence-electron chi connectivity index (χ4n) is 2.40. The van der Waals surface area contributed by atoms with Crippen molar-refractivity contribution in [3.63, 3.8) is 0 Å². The minimum atomic E-state index is 0.374. The summed E-state index contributed by atoms with van der Waals surface area (Å²) < 4.78 is 0. The largest absolute Gasteiger partial charge is 0.364 e. The van der Waals surface area contributed by atoms with Crippen molar-refractivity contribution in [2.75, 3.05) is 29.5 Å². The highest BCUT2D eigenvalue weighted by Gasteiger charge is 2.22. The van der Waals surface area contributed by atoms with Crippen molar-refractivity contribution in [2.24, 2.45) is 0 Å². The standard InChI is InChI=1S/C15H26N4S/c1-5-16-8-13-14(9-17-15(18-13)11(2)3)19-6-7-20-10-12(19)4/h9,11-12,16H,5-8,10H2,1-4H3. The summed E-state index contributed by atoms with van der Waals surface area (Å²) in [6, 6.07) is 0.558. The fraction of sp³-hybridized carbons (Fsp3) is 0.733. The molecule has 0 amide bonds. The Morgan fingerprint density at radius 1 is 1.50 bits per heavy atom. The molecule has 2 heterocycles. The number of nitrogens with one attached hydrogen (secondary N) is 1. The summed E-state index contributed by atoms with van der Waals surface area (Å²) in [4.78, 5) is 11.8. The van der Waals surface area contributed by atoms with Gasteiger partial charge in [-0.2, -0.15) is 11.8 Å². The Balaban J connectivity index is 2.29. The van der Waals surface area contributed by atoms with Crippen molar-refractivity contribution in [3.8, 4) is 0 Å². The van der Waals surface area contributed by atoms with E-state index in [-0.39, 0.29) is 0 Å². The molecule has 1 aliphatic rings. The molecule has 1 unspecified atom stereocenters. The van der Waals surface area contributed by atoms with Gasteiger partial charge in [0.2, 0.25) is 0 Å². The zero-order chi connectivity index (χ0) is 14.5. The normalized spacial score (nSPS) is 19.6. The number of hydrogen-bond acceptors (Lipinski definition) is 5. The van der Waals surface area contributed by atoms with E-state index in [1.54, 1.807) is 0 Å². The number of aromatic nitrogens is 2. The molecule has 1 N–H and O–H groups in total. The van der Waals surface area contributed by atoms with E-state index in [0.717, 1.165) is 31.2 Å². The van der Waals surface area contributed by atoms with Gasteiger partial charge in [-0.25, -0.2) is 9.97 Å². The van der Waals surface area contributed by atoms with Crippen LogP contribution < -0.4 is 10.2 Å². The number of rotatable bonds is 5. The van der Waals surface area contributed by atoms with Crippen LogP contribution in [0.2, 0.25) is 0 Å². The van der Waals surface area contributed by atoms with Gasteiger partial charge in [-0.15, -0.1) is 0 Å². The van der Waals surface area contributed by atoms with Gasteiger partial charge >= 0.3 is 0 Å². The van der Waals surface area contributed by atoms with Crippen molar-refractivity contribution in [1.82, 2.24) is 15.3 Å². The Bertz CT molecular complexity index is 436. The zero-order valence-electron chi connectivity index (χ0n) is 13.0. The Morgan fingerprint density at radius 2 is 2.30 bits per heavy atom. The molecule has 20 heavy (non-hydrogen) atoms. The van der Waals surface area contributed by atoms with Gasteiger partial charge in [0.05, 0.1) is 17.6 Å². The first kappa shape index (κ1) is 15.6. The minimum absolute atomic E-state index is 0.374. The second-order valence-corrected chi connectivity index (χ2v) is 6.76. The van der Waals surface area contributed by atoms with Crippen molar-refractivity contribution in [1.29, 1.82) is 0 Å². The fourth-order valence-corrected chi connectivity index (χ4v) is 3.42. The van der Waals surface area contributed by atoms with Crippen LogP contribution in [0.1, 0.15) is 45.1 Å². The average molecular weight is 294 g/mol. The van der Waals surface area contributed by atoms with Gasteiger partial charge in [-0.1, -0.05) is 20.8 Å². The summed E-state index contributed by atoms with van der Waals surface area (Å²) >= 11 is 2.04. The lowest BCUT2D eigenvalue weighted by Crippen LogP contribution is -2.41. The van der Waals surface area contributed by atoms with Gasteiger partial charge in [0.15, 0.2) is 0 Å². The average Bonchev–Trinajstić information content (AvgIpc) is 2.45. The van der Waals surface area contributed by atoms with Crippen LogP contribution in [0.25, 0.3) is 0 Å². The first-order valence-electron chi connectivity index (χ1n) is 7.54. The first-order chi connectivity index (χ1) is 9.63. The van der Waals surface area contributed by atoms with Crippen LogP contribution in [-0.4, -0.2) is 40.6 Å². The van der Waals surface area contributed by atoms with Crippen molar-refractivity contribution in [2.45, 2.75) is 46.2 Å². The van der Waals surface area contributed by atoms with Crippen LogP contribution in [0.4, 0.5) is 5.69 Å². The lowest BCUT2D eigenvalue weighted by molar-refractivity contribution is 0.655. The molecule has 0 bridgehead atoms. The monoisotopic (exact) mass is 294 g/mol. The van der Waals surface area contributed by atoms with E-state index in [2.05, 4.69) is 42.9 Å². The molecule has 5 heteroatoms. The topological polar surface area (TPSA) is 41.1 Å². The molecule has 1 saturated heterocycles. The summed E-state index contributed by atoms with van der Waals surface area (Å²) in [6.07, 6.45) is 2.03. The third-order valence-corrected chi connectivity index (χ3v) is 4.79. The van der Waals surface area contributed by atoms with E-state index < -0.39 is 0 Å². The SMILES string of the molecule is CCNCc1nc(C(C)C)ncc1N1CCSCC1C. The van der Waals surface area contributed by atoms with E-state index >= 15 is 0 Å². The second-order valence-electron chi connectivity index (χ2n) is 5.61. The van der Waals surface area contributed by atoms with Gasteiger partial charge in [-0.05, 0) is 13.5 Å². The molecule has 4 nitrogen and oxygen atoms in total. The van der Waals surface area contributed by atoms with Gasteiger partial charge < -0.3 is 10.2 Å². The maximum absolute atomic E-state index is 4.80. The van der Waals surface area contributed by atoms with Crippen LogP contribution in [0.15, 0.2) is 6.20 Å². The molecule has 1 aliphatic heterocycles. The molecule has 1 aromatic heterocycles. The highest BCUT2D eigenvalue weighted by molar-refractivity contribution is 7.99. The van der Waals surface area contributed by atoms with Crippen LogP contribution in [0, 0.1) is 0 Å². The van der Waals surface area contributed by atoms with Crippen LogP contribution in [0.3, 0.4) is 0 Å². The molecule has 1 aromatic rings.